The van der Waals surface area contributed by atoms with Crippen molar-refractivity contribution in [2.75, 3.05) is 0 Å². The van der Waals surface area contributed by atoms with Gasteiger partial charge < -0.3 is 10.8 Å². The SMILES string of the molecule is NC(CC(=O)O)c1cccc2ncnn12. The standard InChI is InChI=1S/C9H10N4O2/c10-6(4-9(14)15)7-2-1-3-8-11-5-12-13(7)8/h1-3,5-6H,4,10H2,(H,14,15). The van der Waals surface area contributed by atoms with E-state index in [2.05, 4.69) is 10.1 Å². The molecule has 0 radical (unpaired) electrons. The van der Waals surface area contributed by atoms with E-state index in [1.165, 1.54) is 6.33 Å². The molecular formula is C9H10N4O2. The summed E-state index contributed by atoms with van der Waals surface area (Å²) in [4.78, 5) is 14.5. The number of carboxylic acids is 1. The molecule has 2 heterocycles. The Morgan fingerprint density at radius 3 is 3.13 bits per heavy atom. The molecule has 0 aliphatic heterocycles. The number of hydrogen-bond donors (Lipinski definition) is 2. The molecule has 6 nitrogen and oxygen atoms in total. The molecule has 0 amide bonds. The van der Waals surface area contributed by atoms with Gasteiger partial charge in [0.2, 0.25) is 0 Å². The van der Waals surface area contributed by atoms with Crippen LogP contribution in [0, 0.1) is 0 Å². The first-order chi connectivity index (χ1) is 7.18. The first kappa shape index (κ1) is 9.60. The normalized spacial score (nSPS) is 12.9. The zero-order valence-electron chi connectivity index (χ0n) is 7.87. The highest BCUT2D eigenvalue weighted by atomic mass is 16.4. The third-order valence-electron chi connectivity index (χ3n) is 2.11. The van der Waals surface area contributed by atoms with Crippen LogP contribution in [0.3, 0.4) is 0 Å². The van der Waals surface area contributed by atoms with E-state index in [0.29, 0.717) is 11.3 Å². The van der Waals surface area contributed by atoms with Gasteiger partial charge >= 0.3 is 5.97 Å². The third-order valence-corrected chi connectivity index (χ3v) is 2.11. The first-order valence-electron chi connectivity index (χ1n) is 4.44. The minimum Gasteiger partial charge on any atom is -0.481 e. The number of fused-ring (bicyclic) bond motifs is 1. The van der Waals surface area contributed by atoms with Gasteiger partial charge in [0.15, 0.2) is 5.65 Å². The molecule has 0 saturated carbocycles. The van der Waals surface area contributed by atoms with E-state index in [1.807, 2.05) is 0 Å². The maximum Gasteiger partial charge on any atom is 0.305 e. The van der Waals surface area contributed by atoms with Gasteiger partial charge in [-0.2, -0.15) is 5.10 Å². The van der Waals surface area contributed by atoms with Crippen molar-refractivity contribution in [3.63, 3.8) is 0 Å². The Hall–Kier alpha value is -1.95. The number of aliphatic carboxylic acids is 1. The number of nitrogens with two attached hydrogens (primary N) is 1. The number of aromatic nitrogens is 3. The van der Waals surface area contributed by atoms with Crippen molar-refractivity contribution in [2.24, 2.45) is 5.73 Å². The fourth-order valence-electron chi connectivity index (χ4n) is 1.44. The Morgan fingerprint density at radius 2 is 2.40 bits per heavy atom. The van der Waals surface area contributed by atoms with Crippen LogP contribution >= 0.6 is 0 Å². The second-order valence-electron chi connectivity index (χ2n) is 3.19. The third kappa shape index (κ3) is 1.79. The summed E-state index contributed by atoms with van der Waals surface area (Å²) in [5.74, 6) is -0.931. The zero-order valence-corrected chi connectivity index (χ0v) is 7.87. The van der Waals surface area contributed by atoms with Gasteiger partial charge in [0, 0.05) is 0 Å². The lowest BCUT2D eigenvalue weighted by molar-refractivity contribution is -0.137. The fraction of sp³-hybridized carbons (Fsp3) is 0.222. The number of nitrogens with zero attached hydrogens (tertiary/aromatic N) is 3. The molecule has 2 rings (SSSR count). The summed E-state index contributed by atoms with van der Waals surface area (Å²) < 4.78 is 1.55. The molecule has 0 aliphatic rings. The highest BCUT2D eigenvalue weighted by Crippen LogP contribution is 2.14. The van der Waals surface area contributed by atoms with E-state index in [1.54, 1.807) is 22.7 Å². The summed E-state index contributed by atoms with van der Waals surface area (Å²) in [7, 11) is 0. The second kappa shape index (κ2) is 3.66. The van der Waals surface area contributed by atoms with E-state index < -0.39 is 12.0 Å². The van der Waals surface area contributed by atoms with Crippen molar-refractivity contribution in [1.29, 1.82) is 0 Å². The molecule has 0 bridgehead atoms. The molecule has 1 atom stereocenters. The number of carbonyl (C=O) groups is 1. The minimum absolute atomic E-state index is 0.126. The van der Waals surface area contributed by atoms with E-state index in [0.717, 1.165) is 0 Å². The fourth-order valence-corrected chi connectivity index (χ4v) is 1.44. The molecule has 0 aromatic carbocycles. The first-order valence-corrected chi connectivity index (χ1v) is 4.44. The van der Waals surface area contributed by atoms with Crippen LogP contribution in [0.2, 0.25) is 0 Å². The molecule has 78 valence electrons. The van der Waals surface area contributed by atoms with Gasteiger partial charge in [0.25, 0.3) is 0 Å². The van der Waals surface area contributed by atoms with Gasteiger partial charge in [-0.3, -0.25) is 4.79 Å². The number of carboxylic acid groups (broad SMARTS) is 1. The molecule has 6 heteroatoms. The smallest absolute Gasteiger partial charge is 0.305 e. The van der Waals surface area contributed by atoms with Crippen molar-refractivity contribution in [1.82, 2.24) is 14.6 Å². The highest BCUT2D eigenvalue weighted by Gasteiger charge is 2.14. The lowest BCUT2D eigenvalue weighted by Crippen LogP contribution is -2.18. The Labute approximate surface area is 85.3 Å². The molecule has 0 spiro atoms. The van der Waals surface area contributed by atoms with Gasteiger partial charge in [-0.05, 0) is 12.1 Å². The lowest BCUT2D eigenvalue weighted by atomic mass is 10.1. The van der Waals surface area contributed by atoms with E-state index >= 15 is 0 Å². The maximum atomic E-state index is 10.5. The van der Waals surface area contributed by atoms with Gasteiger partial charge in [-0.1, -0.05) is 6.07 Å². The van der Waals surface area contributed by atoms with Gasteiger partial charge in [0.1, 0.15) is 6.33 Å². The number of pyridine rings is 1. The largest absolute Gasteiger partial charge is 0.481 e. The average Bonchev–Trinajstić information content (AvgIpc) is 2.63. The van der Waals surface area contributed by atoms with Gasteiger partial charge in [-0.15, -0.1) is 0 Å². The molecule has 3 N–H and O–H groups in total. The molecule has 2 aromatic rings. The number of rotatable bonds is 3. The van der Waals surface area contributed by atoms with E-state index in [-0.39, 0.29) is 6.42 Å². The molecule has 0 aliphatic carbocycles. The molecular weight excluding hydrogens is 196 g/mol. The van der Waals surface area contributed by atoms with Crippen molar-refractivity contribution in [3.8, 4) is 0 Å². The summed E-state index contributed by atoms with van der Waals surface area (Å²) in [6, 6.07) is 4.73. The zero-order chi connectivity index (χ0) is 10.8. The Bertz CT molecular complexity index is 494. The summed E-state index contributed by atoms with van der Waals surface area (Å²) in [6.45, 7) is 0. The molecule has 15 heavy (non-hydrogen) atoms. The minimum atomic E-state index is -0.931. The second-order valence-corrected chi connectivity index (χ2v) is 3.19. The predicted octanol–water partition coefficient (Wildman–Crippen LogP) is 0.204. The summed E-state index contributed by atoms with van der Waals surface area (Å²) in [5.41, 5.74) is 7.06. The van der Waals surface area contributed by atoms with Crippen molar-refractivity contribution in [3.05, 3.63) is 30.2 Å². The van der Waals surface area contributed by atoms with Crippen LogP contribution in [-0.4, -0.2) is 25.7 Å². The Kier molecular flexibility index (Phi) is 2.34. The Balaban J connectivity index is 2.42. The van der Waals surface area contributed by atoms with Crippen molar-refractivity contribution in [2.45, 2.75) is 12.5 Å². The van der Waals surface area contributed by atoms with Gasteiger partial charge in [-0.25, -0.2) is 9.50 Å². The van der Waals surface area contributed by atoms with Gasteiger partial charge in [0.05, 0.1) is 18.2 Å². The molecule has 1 unspecified atom stereocenters. The van der Waals surface area contributed by atoms with Crippen LogP contribution in [0.4, 0.5) is 0 Å². The summed E-state index contributed by atoms with van der Waals surface area (Å²) in [5, 5.41) is 12.6. The highest BCUT2D eigenvalue weighted by molar-refractivity contribution is 5.67. The van der Waals surface area contributed by atoms with Crippen LogP contribution in [0.5, 0.6) is 0 Å². The summed E-state index contributed by atoms with van der Waals surface area (Å²) in [6.07, 6.45) is 1.28. The quantitative estimate of drug-likeness (QED) is 0.748. The Morgan fingerprint density at radius 1 is 1.60 bits per heavy atom. The van der Waals surface area contributed by atoms with Crippen molar-refractivity contribution < 1.29 is 9.90 Å². The molecule has 2 aromatic heterocycles. The summed E-state index contributed by atoms with van der Waals surface area (Å²) >= 11 is 0. The molecule has 0 saturated heterocycles. The maximum absolute atomic E-state index is 10.5. The predicted molar refractivity (Wildman–Crippen MR) is 52.2 cm³/mol. The van der Waals surface area contributed by atoms with E-state index in [4.69, 9.17) is 10.8 Å². The van der Waals surface area contributed by atoms with Crippen LogP contribution in [0.1, 0.15) is 18.2 Å². The topological polar surface area (TPSA) is 93.5 Å². The van der Waals surface area contributed by atoms with Crippen LogP contribution in [0.25, 0.3) is 5.65 Å². The number of hydrogen-bond acceptors (Lipinski definition) is 4. The van der Waals surface area contributed by atoms with E-state index in [9.17, 15) is 4.79 Å². The monoisotopic (exact) mass is 206 g/mol. The van der Waals surface area contributed by atoms with Crippen molar-refractivity contribution >= 4 is 11.6 Å². The lowest BCUT2D eigenvalue weighted by Gasteiger charge is -2.10. The average molecular weight is 206 g/mol. The van der Waals surface area contributed by atoms with Crippen LogP contribution < -0.4 is 5.73 Å². The van der Waals surface area contributed by atoms with Crippen LogP contribution in [-0.2, 0) is 4.79 Å². The molecule has 0 fully saturated rings. The van der Waals surface area contributed by atoms with Crippen LogP contribution in [0.15, 0.2) is 24.5 Å².